The van der Waals surface area contributed by atoms with E-state index in [-0.39, 0.29) is 0 Å². The number of rotatable bonds is 4. The van der Waals surface area contributed by atoms with Gasteiger partial charge in [-0.05, 0) is 24.5 Å². The summed E-state index contributed by atoms with van der Waals surface area (Å²) in [5.74, 6) is 0. The Kier molecular flexibility index (Phi) is 4.28. The van der Waals surface area contributed by atoms with E-state index in [2.05, 4.69) is 78.2 Å². The van der Waals surface area contributed by atoms with Crippen LogP contribution in [0.3, 0.4) is 0 Å². The minimum atomic E-state index is -1.36. The van der Waals surface area contributed by atoms with E-state index in [1.807, 2.05) is 0 Å². The number of benzene rings is 1. The molecule has 1 unspecified atom stereocenters. The summed E-state index contributed by atoms with van der Waals surface area (Å²) in [6.07, 6.45) is 5.57. The molecule has 19 heavy (non-hydrogen) atoms. The molecule has 1 nitrogen and oxygen atoms in total. The zero-order chi connectivity index (χ0) is 14.0. The third-order valence-electron chi connectivity index (χ3n) is 3.41. The first-order chi connectivity index (χ1) is 8.88. The van der Waals surface area contributed by atoms with E-state index in [4.69, 9.17) is 0 Å². The van der Waals surface area contributed by atoms with Gasteiger partial charge in [-0.1, -0.05) is 66.8 Å². The SMILES string of the molecule is CC1=C(C(N[Si](C)(C)C)c2ccccc2[Si])CC=C1. The quantitative estimate of drug-likeness (QED) is 0.837. The molecule has 3 radical (unpaired) electrons. The summed E-state index contributed by atoms with van der Waals surface area (Å²) in [5.41, 5.74) is 4.26. The second-order valence-electron chi connectivity index (χ2n) is 6.23. The summed E-state index contributed by atoms with van der Waals surface area (Å²) >= 11 is 0. The van der Waals surface area contributed by atoms with E-state index < -0.39 is 8.24 Å². The van der Waals surface area contributed by atoms with Crippen LogP contribution in [0, 0.1) is 0 Å². The average molecular weight is 285 g/mol. The van der Waals surface area contributed by atoms with E-state index in [0.717, 1.165) is 6.42 Å². The third-order valence-corrected chi connectivity index (χ3v) is 5.02. The fraction of sp³-hybridized carbons (Fsp3) is 0.375. The standard InChI is InChI=1S/C16H22NSi2/c1-12-8-7-10-13(12)16(17-19(2,3)4)14-9-5-6-11-15(14)18/h5-9,11,16-17H,10H2,1-4H3. The van der Waals surface area contributed by atoms with Gasteiger partial charge in [0.15, 0.2) is 0 Å². The molecule has 0 aromatic heterocycles. The largest absolute Gasteiger partial charge is 0.328 e. The van der Waals surface area contributed by atoms with E-state index in [1.165, 1.54) is 21.9 Å². The van der Waals surface area contributed by atoms with Crippen LogP contribution in [-0.4, -0.2) is 18.5 Å². The lowest BCUT2D eigenvalue weighted by Crippen LogP contribution is -2.45. The molecule has 0 heterocycles. The minimum Gasteiger partial charge on any atom is -0.328 e. The second kappa shape index (κ2) is 5.61. The average Bonchev–Trinajstić information content (AvgIpc) is 2.72. The number of allylic oxidation sites excluding steroid dienone is 3. The minimum absolute atomic E-state index is 0.329. The molecule has 1 aliphatic rings. The fourth-order valence-corrected chi connectivity index (χ4v) is 4.03. The van der Waals surface area contributed by atoms with Crippen LogP contribution < -0.4 is 10.2 Å². The first-order valence-electron chi connectivity index (χ1n) is 6.83. The van der Waals surface area contributed by atoms with Gasteiger partial charge in [0.2, 0.25) is 0 Å². The van der Waals surface area contributed by atoms with Gasteiger partial charge in [-0.25, -0.2) is 0 Å². The van der Waals surface area contributed by atoms with Gasteiger partial charge in [0.1, 0.15) is 8.24 Å². The molecule has 0 saturated carbocycles. The molecule has 1 aromatic rings. The topological polar surface area (TPSA) is 12.0 Å². The second-order valence-corrected chi connectivity index (χ2v) is 11.6. The number of nitrogens with one attached hydrogen (secondary N) is 1. The van der Waals surface area contributed by atoms with E-state index in [1.54, 1.807) is 0 Å². The molecule has 99 valence electrons. The Morgan fingerprint density at radius 3 is 2.42 bits per heavy atom. The number of hydrogen-bond donors (Lipinski definition) is 1. The molecule has 0 fully saturated rings. The van der Waals surface area contributed by atoms with Gasteiger partial charge in [-0.2, -0.15) is 0 Å². The Bertz CT molecular complexity index is 524. The molecule has 1 aliphatic carbocycles. The van der Waals surface area contributed by atoms with Crippen LogP contribution in [0.25, 0.3) is 0 Å². The van der Waals surface area contributed by atoms with Crippen molar-refractivity contribution >= 4 is 23.7 Å². The zero-order valence-electron chi connectivity index (χ0n) is 12.2. The van der Waals surface area contributed by atoms with E-state index in [0.29, 0.717) is 6.04 Å². The van der Waals surface area contributed by atoms with Crippen molar-refractivity contribution < 1.29 is 0 Å². The molecule has 1 N–H and O–H groups in total. The maximum absolute atomic E-state index is 3.90. The van der Waals surface area contributed by atoms with Crippen molar-refractivity contribution in [3.63, 3.8) is 0 Å². The number of hydrogen-bond acceptors (Lipinski definition) is 1. The van der Waals surface area contributed by atoms with Crippen molar-refractivity contribution in [1.29, 1.82) is 0 Å². The van der Waals surface area contributed by atoms with Crippen molar-refractivity contribution in [2.45, 2.75) is 39.0 Å². The van der Waals surface area contributed by atoms with Gasteiger partial charge in [0.25, 0.3) is 0 Å². The molecule has 0 spiro atoms. The summed E-state index contributed by atoms with van der Waals surface area (Å²) < 4.78 is 0. The highest BCUT2D eigenvalue weighted by Gasteiger charge is 2.26. The van der Waals surface area contributed by atoms with Gasteiger partial charge >= 0.3 is 0 Å². The van der Waals surface area contributed by atoms with Crippen LogP contribution >= 0.6 is 0 Å². The normalized spacial score (nSPS) is 17.1. The summed E-state index contributed by atoms with van der Waals surface area (Å²) in [4.78, 5) is 3.90. The molecule has 3 heteroatoms. The van der Waals surface area contributed by atoms with Crippen LogP contribution in [0.2, 0.25) is 19.6 Å². The van der Waals surface area contributed by atoms with Crippen LogP contribution in [0.1, 0.15) is 24.9 Å². The van der Waals surface area contributed by atoms with Gasteiger partial charge in [0, 0.05) is 6.04 Å². The molecule has 0 amide bonds. The molecule has 0 bridgehead atoms. The van der Waals surface area contributed by atoms with Crippen molar-refractivity contribution in [1.82, 2.24) is 4.98 Å². The molecule has 0 saturated heterocycles. The third kappa shape index (κ3) is 3.56. The summed E-state index contributed by atoms with van der Waals surface area (Å²) in [6, 6.07) is 8.87. The highest BCUT2D eigenvalue weighted by molar-refractivity contribution is 6.73. The zero-order valence-corrected chi connectivity index (χ0v) is 14.2. The maximum atomic E-state index is 3.90. The highest BCUT2D eigenvalue weighted by atomic mass is 28.3. The lowest BCUT2D eigenvalue weighted by atomic mass is 9.96. The molecular formula is C16H22NSi2. The summed E-state index contributed by atoms with van der Waals surface area (Å²) in [7, 11) is 2.40. The predicted molar refractivity (Wildman–Crippen MR) is 87.5 cm³/mol. The Hall–Kier alpha value is -0.906. The molecule has 1 aromatic carbocycles. The maximum Gasteiger partial charge on any atom is 0.117 e. The van der Waals surface area contributed by atoms with Crippen molar-refractivity contribution in [3.05, 3.63) is 53.1 Å². The molecule has 2 rings (SSSR count). The van der Waals surface area contributed by atoms with Crippen LogP contribution in [-0.2, 0) is 0 Å². The first kappa shape index (κ1) is 14.5. The molecule has 0 aliphatic heterocycles. The highest BCUT2D eigenvalue weighted by Crippen LogP contribution is 2.31. The molecular weight excluding hydrogens is 262 g/mol. The van der Waals surface area contributed by atoms with Crippen LogP contribution in [0.5, 0.6) is 0 Å². The van der Waals surface area contributed by atoms with Crippen molar-refractivity contribution in [2.24, 2.45) is 0 Å². The lowest BCUT2D eigenvalue weighted by molar-refractivity contribution is 0.731. The van der Waals surface area contributed by atoms with E-state index in [9.17, 15) is 0 Å². The molecule has 1 atom stereocenters. The first-order valence-corrected chi connectivity index (χ1v) is 10.8. The van der Waals surface area contributed by atoms with Gasteiger partial charge in [0.05, 0.1) is 10.2 Å². The lowest BCUT2D eigenvalue weighted by Gasteiger charge is -2.30. The van der Waals surface area contributed by atoms with E-state index >= 15 is 0 Å². The Balaban J connectivity index is 2.41. The predicted octanol–water partition coefficient (Wildman–Crippen LogP) is 3.22. The van der Waals surface area contributed by atoms with Crippen LogP contribution in [0.4, 0.5) is 0 Å². The fourth-order valence-electron chi connectivity index (χ4n) is 2.51. The van der Waals surface area contributed by atoms with Gasteiger partial charge in [-0.3, -0.25) is 0 Å². The Morgan fingerprint density at radius 1 is 1.21 bits per heavy atom. The summed E-state index contributed by atoms with van der Waals surface area (Å²) in [6.45, 7) is 9.28. The summed E-state index contributed by atoms with van der Waals surface area (Å²) in [5, 5.41) is 1.19. The van der Waals surface area contributed by atoms with Crippen molar-refractivity contribution in [3.8, 4) is 0 Å². The Morgan fingerprint density at radius 2 is 1.89 bits per heavy atom. The van der Waals surface area contributed by atoms with Gasteiger partial charge < -0.3 is 4.98 Å². The van der Waals surface area contributed by atoms with Crippen LogP contribution in [0.15, 0.2) is 47.6 Å². The monoisotopic (exact) mass is 284 g/mol. The Labute approximate surface area is 121 Å². The van der Waals surface area contributed by atoms with Gasteiger partial charge in [-0.15, -0.1) is 0 Å². The smallest absolute Gasteiger partial charge is 0.117 e. The van der Waals surface area contributed by atoms with Crippen molar-refractivity contribution in [2.75, 3.05) is 0 Å².